The Kier molecular flexibility index (Phi) is 5.37. The summed E-state index contributed by atoms with van der Waals surface area (Å²) < 4.78 is 0. The van der Waals surface area contributed by atoms with E-state index in [1.807, 2.05) is 12.3 Å². The van der Waals surface area contributed by atoms with Gasteiger partial charge in [0.15, 0.2) is 5.13 Å². The van der Waals surface area contributed by atoms with Crippen LogP contribution in [-0.2, 0) is 11.3 Å². The Bertz CT molecular complexity index is 595. The molecule has 1 heterocycles. The number of amides is 1. The lowest BCUT2D eigenvalue weighted by molar-refractivity contribution is -0.115. The average Bonchev–Trinajstić information content (AvgIpc) is 2.78. The second kappa shape index (κ2) is 7.04. The summed E-state index contributed by atoms with van der Waals surface area (Å²) in [6, 6.07) is 5.32. The van der Waals surface area contributed by atoms with Crippen molar-refractivity contribution in [1.29, 1.82) is 0 Å². The number of nitrogens with zero attached hydrogens (tertiary/aromatic N) is 1. The SMILES string of the molecule is Cc1csc(NC(=O)CNCc2c(Cl)cccc2Cl)n1. The maximum absolute atomic E-state index is 11.7. The predicted molar refractivity (Wildman–Crippen MR) is 83.6 cm³/mol. The summed E-state index contributed by atoms with van der Waals surface area (Å²) in [5.41, 5.74) is 1.68. The largest absolute Gasteiger partial charge is 0.304 e. The Labute approximate surface area is 131 Å². The Morgan fingerprint density at radius 1 is 1.35 bits per heavy atom. The highest BCUT2D eigenvalue weighted by Crippen LogP contribution is 2.23. The summed E-state index contributed by atoms with van der Waals surface area (Å²) >= 11 is 13.5. The average molecular weight is 330 g/mol. The highest BCUT2D eigenvalue weighted by molar-refractivity contribution is 7.13. The van der Waals surface area contributed by atoms with Crippen LogP contribution in [0.1, 0.15) is 11.3 Å². The molecule has 0 fully saturated rings. The molecule has 2 aromatic rings. The van der Waals surface area contributed by atoms with Crippen molar-refractivity contribution < 1.29 is 4.79 Å². The summed E-state index contributed by atoms with van der Waals surface area (Å²) in [4.78, 5) is 15.9. The third kappa shape index (κ3) is 4.18. The van der Waals surface area contributed by atoms with Gasteiger partial charge < -0.3 is 10.6 Å². The summed E-state index contributed by atoms with van der Waals surface area (Å²) in [6.07, 6.45) is 0. The predicted octanol–water partition coefficient (Wildman–Crippen LogP) is 3.49. The maximum Gasteiger partial charge on any atom is 0.240 e. The number of halogens is 2. The number of hydrogen-bond donors (Lipinski definition) is 2. The molecule has 1 aromatic carbocycles. The third-order valence-corrected chi connectivity index (χ3v) is 4.10. The zero-order valence-electron chi connectivity index (χ0n) is 10.7. The molecule has 0 saturated heterocycles. The molecule has 4 nitrogen and oxygen atoms in total. The van der Waals surface area contributed by atoms with E-state index in [2.05, 4.69) is 15.6 Å². The van der Waals surface area contributed by atoms with Gasteiger partial charge >= 0.3 is 0 Å². The minimum Gasteiger partial charge on any atom is -0.304 e. The van der Waals surface area contributed by atoms with Crippen LogP contribution < -0.4 is 10.6 Å². The van der Waals surface area contributed by atoms with Gasteiger partial charge in [0.1, 0.15) is 0 Å². The number of aryl methyl sites for hydroxylation is 1. The second-order valence-corrected chi connectivity index (χ2v) is 5.82. The molecule has 1 amide bonds. The van der Waals surface area contributed by atoms with Gasteiger partial charge in [0.25, 0.3) is 0 Å². The fourth-order valence-corrected chi connectivity index (χ4v) is 2.81. The number of carbonyl (C=O) groups excluding carboxylic acids is 1. The lowest BCUT2D eigenvalue weighted by Gasteiger charge is -2.08. The monoisotopic (exact) mass is 329 g/mol. The first-order chi connectivity index (χ1) is 9.56. The molecule has 7 heteroatoms. The zero-order valence-corrected chi connectivity index (χ0v) is 13.1. The molecule has 20 heavy (non-hydrogen) atoms. The van der Waals surface area contributed by atoms with E-state index in [4.69, 9.17) is 23.2 Å². The standard InChI is InChI=1S/C13H13Cl2N3OS/c1-8-7-20-13(17-8)18-12(19)6-16-5-9-10(14)3-2-4-11(9)15/h2-4,7,16H,5-6H2,1H3,(H,17,18,19). The number of aromatic nitrogens is 1. The molecule has 0 aliphatic carbocycles. The molecule has 1 aromatic heterocycles. The zero-order chi connectivity index (χ0) is 14.5. The van der Waals surface area contributed by atoms with Crippen molar-refractivity contribution in [1.82, 2.24) is 10.3 Å². The fraction of sp³-hybridized carbons (Fsp3) is 0.231. The second-order valence-electron chi connectivity index (χ2n) is 4.15. The molecule has 0 unspecified atom stereocenters. The summed E-state index contributed by atoms with van der Waals surface area (Å²) in [6.45, 7) is 2.48. The highest BCUT2D eigenvalue weighted by Gasteiger charge is 2.08. The van der Waals surface area contributed by atoms with Gasteiger partial charge in [0.2, 0.25) is 5.91 Å². The van der Waals surface area contributed by atoms with Crippen molar-refractivity contribution in [2.75, 3.05) is 11.9 Å². The van der Waals surface area contributed by atoms with Gasteiger partial charge in [-0.3, -0.25) is 4.79 Å². The van der Waals surface area contributed by atoms with E-state index >= 15 is 0 Å². The number of rotatable bonds is 5. The molecule has 0 atom stereocenters. The summed E-state index contributed by atoms with van der Waals surface area (Å²) in [5.74, 6) is -0.150. The van der Waals surface area contributed by atoms with Crippen LogP contribution in [-0.4, -0.2) is 17.4 Å². The van der Waals surface area contributed by atoms with E-state index in [1.165, 1.54) is 11.3 Å². The molecule has 0 bridgehead atoms. The lowest BCUT2D eigenvalue weighted by Crippen LogP contribution is -2.27. The van der Waals surface area contributed by atoms with E-state index in [0.717, 1.165) is 11.3 Å². The highest BCUT2D eigenvalue weighted by atomic mass is 35.5. The smallest absolute Gasteiger partial charge is 0.240 e. The molecular formula is C13H13Cl2N3OS. The number of carbonyl (C=O) groups is 1. The number of anilines is 1. The minimum absolute atomic E-state index is 0.150. The van der Waals surface area contributed by atoms with Crippen LogP contribution >= 0.6 is 34.5 Å². The normalized spacial score (nSPS) is 10.6. The van der Waals surface area contributed by atoms with E-state index in [9.17, 15) is 4.79 Å². The molecule has 0 aliphatic rings. The molecule has 2 N–H and O–H groups in total. The third-order valence-electron chi connectivity index (χ3n) is 2.51. The number of hydrogen-bond acceptors (Lipinski definition) is 4. The maximum atomic E-state index is 11.7. The van der Waals surface area contributed by atoms with E-state index in [1.54, 1.807) is 18.2 Å². The molecule has 106 valence electrons. The number of benzene rings is 1. The molecule has 0 radical (unpaired) electrons. The number of thiazole rings is 1. The van der Waals surface area contributed by atoms with Crippen LogP contribution in [0.5, 0.6) is 0 Å². The molecule has 0 saturated carbocycles. The van der Waals surface area contributed by atoms with Gasteiger partial charge in [0, 0.05) is 27.5 Å². The van der Waals surface area contributed by atoms with E-state index in [0.29, 0.717) is 21.7 Å². The van der Waals surface area contributed by atoms with Gasteiger partial charge in [-0.1, -0.05) is 29.3 Å². The van der Waals surface area contributed by atoms with Crippen LogP contribution in [0.25, 0.3) is 0 Å². The van der Waals surface area contributed by atoms with E-state index in [-0.39, 0.29) is 12.5 Å². The van der Waals surface area contributed by atoms with Gasteiger partial charge in [-0.15, -0.1) is 11.3 Å². The van der Waals surface area contributed by atoms with Crippen molar-refractivity contribution in [3.05, 3.63) is 44.9 Å². The lowest BCUT2D eigenvalue weighted by atomic mass is 10.2. The first-order valence-electron chi connectivity index (χ1n) is 5.92. The first-order valence-corrected chi connectivity index (χ1v) is 7.55. The molecule has 0 aliphatic heterocycles. The van der Waals surface area contributed by atoms with Crippen molar-refractivity contribution in [3.8, 4) is 0 Å². The summed E-state index contributed by atoms with van der Waals surface area (Å²) in [5, 5.41) is 9.38. The van der Waals surface area contributed by atoms with Crippen LogP contribution in [0.2, 0.25) is 10.0 Å². The Morgan fingerprint density at radius 2 is 2.05 bits per heavy atom. The van der Waals surface area contributed by atoms with Gasteiger partial charge in [-0.2, -0.15) is 0 Å². The van der Waals surface area contributed by atoms with Crippen molar-refractivity contribution >= 4 is 45.6 Å². The summed E-state index contributed by atoms with van der Waals surface area (Å²) in [7, 11) is 0. The Hall–Kier alpha value is -1.14. The van der Waals surface area contributed by atoms with Crippen LogP contribution in [0.3, 0.4) is 0 Å². The first kappa shape index (κ1) is 15.3. The van der Waals surface area contributed by atoms with Crippen molar-refractivity contribution in [2.45, 2.75) is 13.5 Å². The Balaban J connectivity index is 1.82. The molecule has 0 spiro atoms. The van der Waals surface area contributed by atoms with Crippen molar-refractivity contribution in [2.24, 2.45) is 0 Å². The number of nitrogens with one attached hydrogen (secondary N) is 2. The quantitative estimate of drug-likeness (QED) is 0.882. The Morgan fingerprint density at radius 3 is 2.65 bits per heavy atom. The van der Waals surface area contributed by atoms with Crippen LogP contribution in [0, 0.1) is 6.92 Å². The molecule has 2 rings (SSSR count). The van der Waals surface area contributed by atoms with Gasteiger partial charge in [-0.25, -0.2) is 4.98 Å². The minimum atomic E-state index is -0.150. The fourth-order valence-electron chi connectivity index (χ4n) is 1.58. The van der Waals surface area contributed by atoms with Crippen LogP contribution in [0.15, 0.2) is 23.6 Å². The van der Waals surface area contributed by atoms with E-state index < -0.39 is 0 Å². The van der Waals surface area contributed by atoms with Gasteiger partial charge in [-0.05, 0) is 19.1 Å². The topological polar surface area (TPSA) is 54.0 Å². The van der Waals surface area contributed by atoms with Crippen LogP contribution in [0.4, 0.5) is 5.13 Å². The molecular weight excluding hydrogens is 317 g/mol. The van der Waals surface area contributed by atoms with Crippen molar-refractivity contribution in [3.63, 3.8) is 0 Å². The van der Waals surface area contributed by atoms with Gasteiger partial charge in [0.05, 0.1) is 12.2 Å².